The minimum atomic E-state index is 0.550. The standard InChI is InChI=1S/C12H15N5OS/c1-4-13-19-10(1)11-14-15-12(18-11)17-8-7-16-5-2-9(17)3-6-16/h1,4,9H,2-3,5-8H2. The van der Waals surface area contributed by atoms with E-state index in [1.807, 2.05) is 6.07 Å². The van der Waals surface area contributed by atoms with Crippen LogP contribution in [0.25, 0.3) is 10.8 Å². The summed E-state index contributed by atoms with van der Waals surface area (Å²) in [5.41, 5.74) is 0. The van der Waals surface area contributed by atoms with Crippen LogP contribution in [0.1, 0.15) is 12.8 Å². The van der Waals surface area contributed by atoms with Crippen LogP contribution in [0.2, 0.25) is 0 Å². The Hall–Kier alpha value is -1.47. The van der Waals surface area contributed by atoms with Crippen LogP contribution in [0.4, 0.5) is 6.01 Å². The van der Waals surface area contributed by atoms with Crippen molar-refractivity contribution in [3.05, 3.63) is 12.3 Å². The first-order valence-corrected chi connectivity index (χ1v) is 7.41. The van der Waals surface area contributed by atoms with E-state index in [1.54, 1.807) is 6.20 Å². The van der Waals surface area contributed by atoms with Gasteiger partial charge in [-0.15, -0.1) is 5.10 Å². The van der Waals surface area contributed by atoms with Crippen molar-refractivity contribution in [2.24, 2.45) is 0 Å². The highest BCUT2D eigenvalue weighted by atomic mass is 32.1. The summed E-state index contributed by atoms with van der Waals surface area (Å²) in [7, 11) is 0. The number of hydrogen-bond acceptors (Lipinski definition) is 7. The van der Waals surface area contributed by atoms with E-state index >= 15 is 0 Å². The molecule has 2 aromatic heterocycles. The molecule has 0 saturated carbocycles. The van der Waals surface area contributed by atoms with E-state index in [9.17, 15) is 0 Å². The van der Waals surface area contributed by atoms with E-state index in [-0.39, 0.29) is 0 Å². The predicted octanol–water partition coefficient (Wildman–Crippen LogP) is 1.48. The molecule has 7 heteroatoms. The lowest BCUT2D eigenvalue weighted by Crippen LogP contribution is -2.38. The van der Waals surface area contributed by atoms with E-state index in [2.05, 4.69) is 24.4 Å². The fraction of sp³-hybridized carbons (Fsp3) is 0.583. The fourth-order valence-corrected chi connectivity index (χ4v) is 3.41. The van der Waals surface area contributed by atoms with E-state index in [0.29, 0.717) is 17.9 Å². The fourth-order valence-electron chi connectivity index (χ4n) is 2.90. The monoisotopic (exact) mass is 277 g/mol. The van der Waals surface area contributed by atoms with Crippen molar-refractivity contribution in [3.8, 4) is 10.8 Å². The van der Waals surface area contributed by atoms with Crippen LogP contribution >= 0.6 is 11.5 Å². The SMILES string of the molecule is c1cc(-c2nnc(N3CCN4CCC3CC4)o2)sn1. The van der Waals surface area contributed by atoms with Gasteiger partial charge in [-0.1, -0.05) is 5.10 Å². The number of rotatable bonds is 2. The quantitative estimate of drug-likeness (QED) is 0.828. The first kappa shape index (κ1) is 11.4. The molecule has 0 spiro atoms. The third-order valence-corrected chi connectivity index (χ3v) is 4.70. The zero-order valence-corrected chi connectivity index (χ0v) is 11.3. The van der Waals surface area contributed by atoms with E-state index in [0.717, 1.165) is 18.0 Å². The highest BCUT2D eigenvalue weighted by Gasteiger charge is 2.31. The maximum absolute atomic E-state index is 5.83. The topological polar surface area (TPSA) is 58.3 Å². The Balaban J connectivity index is 1.62. The smallest absolute Gasteiger partial charge is 0.318 e. The lowest BCUT2D eigenvalue weighted by atomic mass is 10.1. The van der Waals surface area contributed by atoms with Crippen LogP contribution in [-0.2, 0) is 0 Å². The largest absolute Gasteiger partial charge is 0.402 e. The summed E-state index contributed by atoms with van der Waals surface area (Å²) in [6, 6.07) is 3.12. The van der Waals surface area contributed by atoms with E-state index in [4.69, 9.17) is 4.42 Å². The van der Waals surface area contributed by atoms with Gasteiger partial charge in [-0.2, -0.15) is 0 Å². The molecular formula is C12H15N5OS. The molecule has 0 atom stereocenters. The summed E-state index contributed by atoms with van der Waals surface area (Å²) in [5.74, 6) is 0.580. The van der Waals surface area contributed by atoms with E-state index in [1.165, 1.54) is 37.5 Å². The summed E-state index contributed by atoms with van der Waals surface area (Å²) in [5, 5.41) is 8.37. The van der Waals surface area contributed by atoms with Crippen LogP contribution < -0.4 is 4.90 Å². The molecule has 5 rings (SSSR count). The Bertz CT molecular complexity index is 546. The van der Waals surface area contributed by atoms with Crippen LogP contribution in [-0.4, -0.2) is 51.7 Å². The summed E-state index contributed by atoms with van der Waals surface area (Å²) in [6.07, 6.45) is 4.14. The van der Waals surface area contributed by atoms with Crippen LogP contribution in [0.15, 0.2) is 16.7 Å². The molecule has 100 valence electrons. The number of nitrogens with zero attached hydrogens (tertiary/aromatic N) is 5. The second-order valence-electron chi connectivity index (χ2n) is 5.03. The van der Waals surface area contributed by atoms with Crippen molar-refractivity contribution in [1.82, 2.24) is 19.5 Å². The molecular weight excluding hydrogens is 262 g/mol. The summed E-state index contributed by atoms with van der Waals surface area (Å²) in [6.45, 7) is 4.46. The highest BCUT2D eigenvalue weighted by molar-refractivity contribution is 7.09. The van der Waals surface area contributed by atoms with Gasteiger partial charge in [0.15, 0.2) is 0 Å². The minimum Gasteiger partial charge on any atom is -0.402 e. The second kappa shape index (κ2) is 4.57. The Morgan fingerprint density at radius 2 is 2.05 bits per heavy atom. The molecule has 0 aliphatic carbocycles. The van der Waals surface area contributed by atoms with Gasteiger partial charge in [0.2, 0.25) is 0 Å². The van der Waals surface area contributed by atoms with Crippen molar-refractivity contribution < 1.29 is 4.42 Å². The van der Waals surface area contributed by atoms with Gasteiger partial charge in [0, 0.05) is 38.4 Å². The minimum absolute atomic E-state index is 0.550. The molecule has 6 nitrogen and oxygen atoms in total. The van der Waals surface area contributed by atoms with Crippen molar-refractivity contribution in [3.63, 3.8) is 0 Å². The lowest BCUT2D eigenvalue weighted by Gasteiger charge is -2.29. The van der Waals surface area contributed by atoms with Gasteiger partial charge in [-0.25, -0.2) is 4.37 Å². The summed E-state index contributed by atoms with van der Waals surface area (Å²) in [4.78, 5) is 5.73. The average molecular weight is 277 g/mol. The molecule has 0 N–H and O–H groups in total. The molecule has 2 aromatic rings. The Morgan fingerprint density at radius 1 is 1.16 bits per heavy atom. The maximum Gasteiger partial charge on any atom is 0.318 e. The third-order valence-electron chi connectivity index (χ3n) is 3.96. The molecule has 3 saturated heterocycles. The normalized spacial score (nSPS) is 26.6. The van der Waals surface area contributed by atoms with Crippen LogP contribution in [0, 0.1) is 0 Å². The molecule has 0 unspecified atom stereocenters. The van der Waals surface area contributed by atoms with Crippen molar-refractivity contribution in [2.75, 3.05) is 31.1 Å². The Labute approximate surface area is 115 Å². The van der Waals surface area contributed by atoms with Crippen molar-refractivity contribution >= 4 is 17.5 Å². The van der Waals surface area contributed by atoms with Crippen LogP contribution in [0.5, 0.6) is 0 Å². The predicted molar refractivity (Wildman–Crippen MR) is 72.2 cm³/mol. The lowest BCUT2D eigenvalue weighted by molar-refractivity contribution is 0.249. The third kappa shape index (κ3) is 2.02. The number of aromatic nitrogens is 3. The second-order valence-corrected chi connectivity index (χ2v) is 5.87. The zero-order valence-electron chi connectivity index (χ0n) is 10.5. The summed E-state index contributed by atoms with van der Waals surface area (Å²) < 4.78 is 9.90. The number of fused-ring (bicyclic) bond motifs is 4. The molecule has 3 aliphatic heterocycles. The van der Waals surface area contributed by atoms with Crippen molar-refractivity contribution in [1.29, 1.82) is 0 Å². The highest BCUT2D eigenvalue weighted by Crippen LogP contribution is 2.29. The number of hydrogen-bond donors (Lipinski definition) is 0. The van der Waals surface area contributed by atoms with Gasteiger partial charge in [0.25, 0.3) is 5.89 Å². The number of piperidine rings is 1. The molecule has 0 aromatic carbocycles. The summed E-state index contributed by atoms with van der Waals surface area (Å²) >= 11 is 1.38. The molecule has 2 bridgehead atoms. The van der Waals surface area contributed by atoms with Gasteiger partial charge < -0.3 is 14.2 Å². The molecule has 3 fully saturated rings. The number of anilines is 1. The molecule has 5 heterocycles. The van der Waals surface area contributed by atoms with Gasteiger partial charge in [-0.05, 0) is 30.4 Å². The zero-order chi connectivity index (χ0) is 12.7. The molecule has 3 aliphatic rings. The molecule has 0 amide bonds. The van der Waals surface area contributed by atoms with Gasteiger partial charge >= 0.3 is 6.01 Å². The van der Waals surface area contributed by atoms with E-state index < -0.39 is 0 Å². The van der Waals surface area contributed by atoms with Crippen molar-refractivity contribution in [2.45, 2.75) is 18.9 Å². The van der Waals surface area contributed by atoms with Gasteiger partial charge in [0.1, 0.15) is 4.88 Å². The van der Waals surface area contributed by atoms with Crippen LogP contribution in [0.3, 0.4) is 0 Å². The first-order valence-electron chi connectivity index (χ1n) is 6.64. The Kier molecular flexibility index (Phi) is 2.73. The van der Waals surface area contributed by atoms with Gasteiger partial charge in [-0.3, -0.25) is 0 Å². The molecule has 19 heavy (non-hydrogen) atoms. The first-order chi connectivity index (χ1) is 9.40. The maximum atomic E-state index is 5.83. The molecule has 0 radical (unpaired) electrons. The van der Waals surface area contributed by atoms with Gasteiger partial charge in [0.05, 0.1) is 0 Å². The average Bonchev–Trinajstić information content (AvgIpc) is 3.05. The Morgan fingerprint density at radius 3 is 2.84 bits per heavy atom.